The highest BCUT2D eigenvalue weighted by molar-refractivity contribution is 7.92. The predicted molar refractivity (Wildman–Crippen MR) is 85.8 cm³/mol. The number of hydrogen-bond acceptors (Lipinski definition) is 4. The molecule has 0 unspecified atom stereocenters. The number of amides is 1. The maximum absolute atomic E-state index is 12.2. The van der Waals surface area contributed by atoms with Crippen LogP contribution in [-0.4, -0.2) is 36.7 Å². The summed E-state index contributed by atoms with van der Waals surface area (Å²) < 4.78 is 25.3. The van der Waals surface area contributed by atoms with E-state index < -0.39 is 27.4 Å². The number of rotatable bonds is 6. The van der Waals surface area contributed by atoms with E-state index in [1.807, 2.05) is 0 Å². The molecule has 0 aromatic heterocycles. The average molecular weight is 340 g/mol. The second-order valence-corrected chi connectivity index (χ2v) is 7.64. The number of nitrogens with one attached hydrogen (secondary N) is 2. The molecular formula is C15H20N2O5S. The lowest BCUT2D eigenvalue weighted by Crippen LogP contribution is -2.52. The van der Waals surface area contributed by atoms with Crippen LogP contribution in [0.3, 0.4) is 0 Å². The summed E-state index contributed by atoms with van der Waals surface area (Å²) in [7, 11) is -3.37. The van der Waals surface area contributed by atoms with Gasteiger partial charge in [-0.3, -0.25) is 9.52 Å². The number of carboxylic acids is 1. The predicted octanol–water partition coefficient (Wildman–Crippen LogP) is 1.58. The highest BCUT2D eigenvalue weighted by Gasteiger charge is 2.42. The van der Waals surface area contributed by atoms with Crippen LogP contribution in [0.2, 0.25) is 0 Å². The molecule has 3 N–H and O–H groups in total. The fourth-order valence-corrected chi connectivity index (χ4v) is 3.24. The van der Waals surface area contributed by atoms with E-state index in [9.17, 15) is 23.1 Å². The number of carbonyl (C=O) groups excluding carboxylic acids is 1. The van der Waals surface area contributed by atoms with Gasteiger partial charge in [0.1, 0.15) is 5.54 Å². The van der Waals surface area contributed by atoms with Gasteiger partial charge < -0.3 is 10.4 Å². The summed E-state index contributed by atoms with van der Waals surface area (Å²) in [6.45, 7) is 1.52. The first-order valence-corrected chi connectivity index (χ1v) is 9.10. The molecule has 2 rings (SSSR count). The lowest BCUT2D eigenvalue weighted by Gasteiger charge is -2.25. The van der Waals surface area contributed by atoms with Crippen LogP contribution in [-0.2, 0) is 14.8 Å². The van der Waals surface area contributed by atoms with Crippen molar-refractivity contribution in [2.24, 2.45) is 0 Å². The molecule has 1 saturated carbocycles. The average Bonchev–Trinajstić information content (AvgIpc) is 2.97. The first kappa shape index (κ1) is 17.3. The molecule has 0 spiro atoms. The monoisotopic (exact) mass is 340 g/mol. The molecule has 0 heterocycles. The third-order valence-corrected chi connectivity index (χ3v) is 5.33. The first-order valence-electron chi connectivity index (χ1n) is 7.44. The Morgan fingerprint density at radius 1 is 1.17 bits per heavy atom. The van der Waals surface area contributed by atoms with E-state index in [1.165, 1.54) is 31.2 Å². The van der Waals surface area contributed by atoms with Gasteiger partial charge in [-0.2, -0.15) is 0 Å². The van der Waals surface area contributed by atoms with Crippen LogP contribution in [0.1, 0.15) is 43.0 Å². The van der Waals surface area contributed by atoms with Gasteiger partial charge in [-0.25, -0.2) is 13.2 Å². The Balaban J connectivity index is 2.10. The zero-order valence-corrected chi connectivity index (χ0v) is 13.6. The SMILES string of the molecule is CCS(=O)(=O)Nc1ccc(C(=O)NC2(C(=O)O)CCCC2)cc1. The number of carbonyl (C=O) groups is 2. The summed E-state index contributed by atoms with van der Waals surface area (Å²) >= 11 is 0. The molecule has 1 aromatic rings. The Hall–Kier alpha value is -2.09. The minimum absolute atomic E-state index is 0.0453. The summed E-state index contributed by atoms with van der Waals surface area (Å²) in [5.41, 5.74) is -0.547. The van der Waals surface area contributed by atoms with Crippen LogP contribution in [0.25, 0.3) is 0 Å². The van der Waals surface area contributed by atoms with E-state index in [0.717, 1.165) is 12.8 Å². The van der Waals surface area contributed by atoms with Crippen LogP contribution < -0.4 is 10.0 Å². The largest absolute Gasteiger partial charge is 0.480 e. The topological polar surface area (TPSA) is 113 Å². The smallest absolute Gasteiger partial charge is 0.329 e. The molecule has 1 fully saturated rings. The van der Waals surface area contributed by atoms with Crippen molar-refractivity contribution in [2.75, 3.05) is 10.5 Å². The number of hydrogen-bond donors (Lipinski definition) is 3. The highest BCUT2D eigenvalue weighted by atomic mass is 32.2. The van der Waals surface area contributed by atoms with Crippen LogP contribution in [0, 0.1) is 0 Å². The van der Waals surface area contributed by atoms with Gasteiger partial charge in [0.2, 0.25) is 10.0 Å². The molecule has 0 aliphatic heterocycles. The van der Waals surface area contributed by atoms with Crippen molar-refractivity contribution < 1.29 is 23.1 Å². The standard InChI is InChI=1S/C15H20N2O5S/c1-2-23(21,22)17-12-7-5-11(6-8-12)13(18)16-15(14(19)20)9-3-4-10-15/h5-8,17H,2-4,9-10H2,1H3,(H,16,18)(H,19,20). The molecule has 1 aliphatic rings. The van der Waals surface area contributed by atoms with Gasteiger partial charge in [-0.15, -0.1) is 0 Å². The van der Waals surface area contributed by atoms with Crippen LogP contribution >= 0.6 is 0 Å². The minimum Gasteiger partial charge on any atom is -0.480 e. The Labute approximate surface area is 135 Å². The summed E-state index contributed by atoms with van der Waals surface area (Å²) in [6.07, 6.45) is 2.37. The molecule has 8 heteroatoms. The lowest BCUT2D eigenvalue weighted by molar-refractivity contribution is -0.144. The summed E-state index contributed by atoms with van der Waals surface area (Å²) in [5, 5.41) is 12.0. The van der Waals surface area contributed by atoms with Crippen molar-refractivity contribution in [1.82, 2.24) is 5.32 Å². The Bertz CT molecular complexity index is 691. The molecule has 1 amide bonds. The van der Waals surface area contributed by atoms with Gasteiger partial charge in [-0.05, 0) is 44.0 Å². The molecule has 23 heavy (non-hydrogen) atoms. The van der Waals surface area contributed by atoms with E-state index in [2.05, 4.69) is 10.0 Å². The van der Waals surface area contributed by atoms with E-state index in [1.54, 1.807) is 0 Å². The zero-order chi connectivity index (χ0) is 17.1. The van der Waals surface area contributed by atoms with Crippen LogP contribution in [0.15, 0.2) is 24.3 Å². The summed E-state index contributed by atoms with van der Waals surface area (Å²) in [6, 6.07) is 5.88. The number of carboxylic acid groups (broad SMARTS) is 1. The third kappa shape index (κ3) is 4.01. The molecule has 1 aliphatic carbocycles. The Morgan fingerprint density at radius 2 is 1.74 bits per heavy atom. The van der Waals surface area contributed by atoms with Crippen LogP contribution in [0.5, 0.6) is 0 Å². The van der Waals surface area contributed by atoms with Gasteiger partial charge in [0, 0.05) is 11.3 Å². The number of anilines is 1. The van der Waals surface area contributed by atoms with Gasteiger partial charge in [-0.1, -0.05) is 12.8 Å². The number of sulfonamides is 1. The Kier molecular flexibility index (Phi) is 4.93. The fourth-order valence-electron chi connectivity index (χ4n) is 2.60. The second kappa shape index (κ2) is 6.57. The van der Waals surface area contributed by atoms with E-state index in [-0.39, 0.29) is 11.3 Å². The molecular weight excluding hydrogens is 320 g/mol. The fraction of sp³-hybridized carbons (Fsp3) is 0.467. The molecule has 0 atom stereocenters. The van der Waals surface area contributed by atoms with Gasteiger partial charge in [0.15, 0.2) is 0 Å². The van der Waals surface area contributed by atoms with Crippen molar-refractivity contribution in [1.29, 1.82) is 0 Å². The minimum atomic E-state index is -3.37. The maximum atomic E-state index is 12.2. The summed E-state index contributed by atoms with van der Waals surface area (Å²) in [4.78, 5) is 23.7. The quantitative estimate of drug-likeness (QED) is 0.728. The summed E-state index contributed by atoms with van der Waals surface area (Å²) in [5.74, 6) is -1.54. The molecule has 0 bridgehead atoms. The third-order valence-electron chi connectivity index (χ3n) is 4.02. The molecule has 7 nitrogen and oxygen atoms in total. The zero-order valence-electron chi connectivity index (χ0n) is 12.8. The lowest BCUT2D eigenvalue weighted by atomic mass is 9.97. The van der Waals surface area contributed by atoms with Gasteiger partial charge in [0.05, 0.1) is 5.75 Å². The highest BCUT2D eigenvalue weighted by Crippen LogP contribution is 2.30. The van der Waals surface area contributed by atoms with E-state index >= 15 is 0 Å². The second-order valence-electron chi connectivity index (χ2n) is 5.63. The van der Waals surface area contributed by atoms with E-state index in [4.69, 9.17) is 0 Å². The van der Waals surface area contributed by atoms with Crippen molar-refractivity contribution in [3.8, 4) is 0 Å². The van der Waals surface area contributed by atoms with Gasteiger partial charge >= 0.3 is 5.97 Å². The van der Waals surface area contributed by atoms with Crippen molar-refractivity contribution >= 4 is 27.6 Å². The van der Waals surface area contributed by atoms with Crippen molar-refractivity contribution in [3.05, 3.63) is 29.8 Å². The number of benzene rings is 1. The molecule has 0 saturated heterocycles. The Morgan fingerprint density at radius 3 is 2.22 bits per heavy atom. The maximum Gasteiger partial charge on any atom is 0.329 e. The molecule has 126 valence electrons. The van der Waals surface area contributed by atoms with Crippen LogP contribution in [0.4, 0.5) is 5.69 Å². The first-order chi connectivity index (χ1) is 10.8. The van der Waals surface area contributed by atoms with E-state index in [0.29, 0.717) is 18.5 Å². The van der Waals surface area contributed by atoms with Gasteiger partial charge in [0.25, 0.3) is 5.91 Å². The van der Waals surface area contributed by atoms with Crippen molar-refractivity contribution in [3.63, 3.8) is 0 Å². The molecule has 0 radical (unpaired) electrons. The molecule has 1 aromatic carbocycles. The number of aliphatic carboxylic acids is 1. The normalized spacial score (nSPS) is 16.7. The van der Waals surface area contributed by atoms with Crippen molar-refractivity contribution in [2.45, 2.75) is 38.1 Å².